The van der Waals surface area contributed by atoms with E-state index in [1.807, 2.05) is 0 Å². The summed E-state index contributed by atoms with van der Waals surface area (Å²) in [5.41, 5.74) is -0.281. The zero-order valence-corrected chi connectivity index (χ0v) is 13.5. The first-order chi connectivity index (χ1) is 8.18. The second-order valence-corrected chi connectivity index (χ2v) is 5.45. The molecule has 0 aromatic carbocycles. The number of carbonyl (C=O) groups excluding carboxylic acids is 1. The molecule has 0 aromatic rings. The molecule has 2 fully saturated rings. The summed E-state index contributed by atoms with van der Waals surface area (Å²) in [5.74, 6) is 0.206. The Morgan fingerprint density at radius 3 is 2.63 bits per heavy atom. The van der Waals surface area contributed by atoms with E-state index in [9.17, 15) is 4.79 Å². The fraction of sp³-hybridized carbons (Fsp3) is 0.923. The quantitative estimate of drug-likeness (QED) is 0.828. The van der Waals surface area contributed by atoms with Crippen molar-refractivity contribution in [1.82, 2.24) is 15.5 Å². The Labute approximate surface area is 128 Å². The maximum Gasteiger partial charge on any atom is 0.240 e. The second kappa shape index (κ2) is 8.30. The Hall–Kier alpha value is -0.0300. The number of rotatable bonds is 4. The van der Waals surface area contributed by atoms with E-state index >= 15 is 0 Å². The summed E-state index contributed by atoms with van der Waals surface area (Å²) in [7, 11) is 2.15. The Balaban J connectivity index is 0.00000162. The molecular weight excluding hydrogens is 285 g/mol. The maximum atomic E-state index is 12.3. The third-order valence-corrected chi connectivity index (χ3v) is 4.45. The lowest BCUT2D eigenvalue weighted by Gasteiger charge is -2.28. The van der Waals surface area contributed by atoms with Gasteiger partial charge >= 0.3 is 0 Å². The van der Waals surface area contributed by atoms with Crippen LogP contribution in [0.15, 0.2) is 0 Å². The van der Waals surface area contributed by atoms with Crippen molar-refractivity contribution >= 4 is 30.7 Å². The third-order valence-electron chi connectivity index (χ3n) is 4.45. The van der Waals surface area contributed by atoms with E-state index in [0.29, 0.717) is 6.04 Å². The minimum Gasteiger partial charge on any atom is -0.353 e. The van der Waals surface area contributed by atoms with Gasteiger partial charge in [-0.3, -0.25) is 4.79 Å². The molecule has 2 aliphatic rings. The summed E-state index contributed by atoms with van der Waals surface area (Å²) in [6.45, 7) is 5.04. The summed E-state index contributed by atoms with van der Waals surface area (Å²) in [5, 5.41) is 6.53. The molecule has 114 valence electrons. The third kappa shape index (κ3) is 4.22. The van der Waals surface area contributed by atoms with Gasteiger partial charge in [0.2, 0.25) is 5.91 Å². The van der Waals surface area contributed by atoms with E-state index in [-0.39, 0.29) is 36.3 Å². The molecule has 2 heterocycles. The average molecular weight is 312 g/mol. The van der Waals surface area contributed by atoms with Crippen molar-refractivity contribution in [1.29, 1.82) is 0 Å². The fourth-order valence-corrected chi connectivity index (χ4v) is 3.08. The summed E-state index contributed by atoms with van der Waals surface area (Å²) in [6, 6.07) is 0.536. The van der Waals surface area contributed by atoms with E-state index < -0.39 is 0 Å². The average Bonchev–Trinajstić information content (AvgIpc) is 2.95. The number of hydrogen-bond donors (Lipinski definition) is 2. The smallest absolute Gasteiger partial charge is 0.240 e. The van der Waals surface area contributed by atoms with Gasteiger partial charge in [-0.1, -0.05) is 6.92 Å². The summed E-state index contributed by atoms with van der Waals surface area (Å²) >= 11 is 0. The number of likely N-dealkylation sites (N-methyl/N-ethyl adjacent to an activating group) is 1. The second-order valence-electron chi connectivity index (χ2n) is 5.45. The van der Waals surface area contributed by atoms with Crippen LogP contribution in [0.4, 0.5) is 0 Å². The van der Waals surface area contributed by atoms with Crippen molar-refractivity contribution in [3.05, 3.63) is 0 Å². The molecule has 2 rings (SSSR count). The van der Waals surface area contributed by atoms with Crippen molar-refractivity contribution in [2.75, 3.05) is 26.7 Å². The zero-order chi connectivity index (χ0) is 12.3. The Kier molecular flexibility index (Phi) is 8.29. The number of nitrogens with one attached hydrogen (secondary N) is 2. The van der Waals surface area contributed by atoms with Gasteiger partial charge in [0.1, 0.15) is 0 Å². The first-order valence-corrected chi connectivity index (χ1v) is 6.91. The molecule has 0 aliphatic carbocycles. The van der Waals surface area contributed by atoms with Gasteiger partial charge in [0.05, 0.1) is 5.54 Å². The maximum absolute atomic E-state index is 12.3. The van der Waals surface area contributed by atoms with Crippen LogP contribution < -0.4 is 10.6 Å². The highest BCUT2D eigenvalue weighted by Gasteiger charge is 2.39. The van der Waals surface area contributed by atoms with Gasteiger partial charge in [-0.15, -0.1) is 24.8 Å². The van der Waals surface area contributed by atoms with Gasteiger partial charge < -0.3 is 15.5 Å². The van der Waals surface area contributed by atoms with Crippen LogP contribution in [0.25, 0.3) is 0 Å². The molecule has 0 bridgehead atoms. The van der Waals surface area contributed by atoms with Gasteiger partial charge in [0.25, 0.3) is 0 Å². The number of halogens is 2. The molecule has 0 saturated carbocycles. The molecule has 2 N–H and O–H groups in total. The number of likely N-dealkylation sites (tertiary alicyclic amines) is 1. The molecule has 4 nitrogen and oxygen atoms in total. The van der Waals surface area contributed by atoms with Crippen molar-refractivity contribution in [2.45, 2.75) is 50.6 Å². The Morgan fingerprint density at radius 2 is 2.16 bits per heavy atom. The SMILES string of the molecule is CCC1(C(=O)NCC2CCCN2C)CCCN1.Cl.Cl. The van der Waals surface area contributed by atoms with Crippen molar-refractivity contribution in [3.63, 3.8) is 0 Å². The molecule has 0 aromatic heterocycles. The summed E-state index contributed by atoms with van der Waals surface area (Å²) < 4.78 is 0. The van der Waals surface area contributed by atoms with Crippen molar-refractivity contribution < 1.29 is 4.79 Å². The Bertz CT molecular complexity index is 283. The zero-order valence-electron chi connectivity index (χ0n) is 11.9. The van der Waals surface area contributed by atoms with Crippen molar-refractivity contribution in [3.8, 4) is 0 Å². The van der Waals surface area contributed by atoms with Crippen LogP contribution in [0.5, 0.6) is 0 Å². The van der Waals surface area contributed by atoms with E-state index in [2.05, 4.69) is 29.5 Å². The predicted octanol–water partition coefficient (Wildman–Crippen LogP) is 1.57. The van der Waals surface area contributed by atoms with Gasteiger partial charge in [-0.05, 0) is 52.2 Å². The van der Waals surface area contributed by atoms with Crippen LogP contribution in [-0.2, 0) is 4.79 Å². The van der Waals surface area contributed by atoms with Crippen LogP contribution in [-0.4, -0.2) is 49.1 Å². The minimum atomic E-state index is -0.281. The highest BCUT2D eigenvalue weighted by molar-refractivity contribution is 5.86. The van der Waals surface area contributed by atoms with Crippen LogP contribution in [0.3, 0.4) is 0 Å². The van der Waals surface area contributed by atoms with Crippen molar-refractivity contribution in [2.24, 2.45) is 0 Å². The number of carbonyl (C=O) groups is 1. The first-order valence-electron chi connectivity index (χ1n) is 6.91. The summed E-state index contributed by atoms with van der Waals surface area (Å²) in [4.78, 5) is 14.6. The van der Waals surface area contributed by atoms with E-state index in [0.717, 1.165) is 38.9 Å². The monoisotopic (exact) mass is 311 g/mol. The normalized spacial score (nSPS) is 30.5. The molecule has 2 unspecified atom stereocenters. The van der Waals surface area contributed by atoms with E-state index in [4.69, 9.17) is 0 Å². The largest absolute Gasteiger partial charge is 0.353 e. The molecule has 2 aliphatic heterocycles. The highest BCUT2D eigenvalue weighted by Crippen LogP contribution is 2.23. The number of amides is 1. The number of hydrogen-bond acceptors (Lipinski definition) is 3. The first kappa shape index (κ1) is 19.0. The highest BCUT2D eigenvalue weighted by atomic mass is 35.5. The lowest BCUT2D eigenvalue weighted by atomic mass is 9.93. The molecule has 6 heteroatoms. The number of nitrogens with zero attached hydrogens (tertiary/aromatic N) is 1. The lowest BCUT2D eigenvalue weighted by Crippen LogP contribution is -2.54. The lowest BCUT2D eigenvalue weighted by molar-refractivity contribution is -0.127. The Morgan fingerprint density at radius 1 is 1.42 bits per heavy atom. The van der Waals surface area contributed by atoms with Gasteiger partial charge in [0, 0.05) is 12.6 Å². The fourth-order valence-electron chi connectivity index (χ4n) is 3.08. The topological polar surface area (TPSA) is 44.4 Å². The molecule has 2 atom stereocenters. The van der Waals surface area contributed by atoms with E-state index in [1.165, 1.54) is 12.8 Å². The van der Waals surface area contributed by atoms with E-state index in [1.54, 1.807) is 0 Å². The van der Waals surface area contributed by atoms with Crippen LogP contribution in [0.2, 0.25) is 0 Å². The molecule has 19 heavy (non-hydrogen) atoms. The van der Waals surface area contributed by atoms with Crippen LogP contribution in [0, 0.1) is 0 Å². The van der Waals surface area contributed by atoms with Gasteiger partial charge in [-0.2, -0.15) is 0 Å². The van der Waals surface area contributed by atoms with Gasteiger partial charge in [0.15, 0.2) is 0 Å². The predicted molar refractivity (Wildman–Crippen MR) is 83.4 cm³/mol. The summed E-state index contributed by atoms with van der Waals surface area (Å²) in [6.07, 6.45) is 5.46. The molecule has 2 saturated heterocycles. The van der Waals surface area contributed by atoms with Crippen LogP contribution >= 0.6 is 24.8 Å². The molecule has 1 amide bonds. The van der Waals surface area contributed by atoms with Gasteiger partial charge in [-0.25, -0.2) is 0 Å². The van der Waals surface area contributed by atoms with Crippen LogP contribution in [0.1, 0.15) is 39.0 Å². The molecule has 0 radical (unpaired) electrons. The minimum absolute atomic E-state index is 0. The standard InChI is InChI=1S/C13H25N3O.2ClH/c1-3-13(7-5-8-15-13)12(17)14-10-11-6-4-9-16(11)2;;/h11,15H,3-10H2,1-2H3,(H,14,17);2*1H. The molecule has 0 spiro atoms. The molecular formula is C13H27Cl2N3O.